The first-order valence-electron chi connectivity index (χ1n) is 9.22. The standard InChI is InChI=1S/C24H21NO4/c1-16-8-10-19(11-9-16)23(27)25-21-14-12-20(13-15-21)24(28)29-17(2)22(26)18-6-4-3-5-7-18/h3-15,17H,1-2H3,(H,25,27)/t17-/m0/s1. The molecule has 5 heteroatoms. The lowest BCUT2D eigenvalue weighted by Gasteiger charge is -2.13. The minimum Gasteiger partial charge on any atom is -0.451 e. The summed E-state index contributed by atoms with van der Waals surface area (Å²) in [6.07, 6.45) is -0.897. The van der Waals surface area contributed by atoms with Gasteiger partial charge in [0.05, 0.1) is 5.56 Å². The Morgan fingerprint density at radius 2 is 1.34 bits per heavy atom. The van der Waals surface area contributed by atoms with Crippen LogP contribution in [0.1, 0.15) is 43.6 Å². The van der Waals surface area contributed by atoms with Crippen molar-refractivity contribution in [1.29, 1.82) is 0 Å². The summed E-state index contributed by atoms with van der Waals surface area (Å²) in [5, 5.41) is 2.78. The highest BCUT2D eigenvalue weighted by Crippen LogP contribution is 2.14. The number of nitrogens with one attached hydrogen (secondary N) is 1. The highest BCUT2D eigenvalue weighted by atomic mass is 16.5. The first-order valence-corrected chi connectivity index (χ1v) is 9.22. The smallest absolute Gasteiger partial charge is 0.338 e. The van der Waals surface area contributed by atoms with Crippen LogP contribution in [0.2, 0.25) is 0 Å². The van der Waals surface area contributed by atoms with Crippen molar-refractivity contribution in [2.45, 2.75) is 20.0 Å². The Hall–Kier alpha value is -3.73. The van der Waals surface area contributed by atoms with E-state index >= 15 is 0 Å². The van der Waals surface area contributed by atoms with Crippen molar-refractivity contribution in [3.8, 4) is 0 Å². The largest absolute Gasteiger partial charge is 0.451 e. The molecule has 0 fully saturated rings. The maximum Gasteiger partial charge on any atom is 0.338 e. The van der Waals surface area contributed by atoms with Crippen molar-refractivity contribution in [3.05, 3.63) is 101 Å². The van der Waals surface area contributed by atoms with Gasteiger partial charge in [0.15, 0.2) is 6.10 Å². The Kier molecular flexibility index (Phi) is 6.19. The molecule has 1 N–H and O–H groups in total. The van der Waals surface area contributed by atoms with Gasteiger partial charge in [0.1, 0.15) is 0 Å². The lowest BCUT2D eigenvalue weighted by molar-refractivity contribution is 0.0319. The Bertz CT molecular complexity index is 1010. The summed E-state index contributed by atoms with van der Waals surface area (Å²) < 4.78 is 5.28. The van der Waals surface area contributed by atoms with Gasteiger partial charge >= 0.3 is 5.97 Å². The topological polar surface area (TPSA) is 72.5 Å². The van der Waals surface area contributed by atoms with Gasteiger partial charge in [-0.3, -0.25) is 9.59 Å². The number of carbonyl (C=O) groups excluding carboxylic acids is 3. The van der Waals surface area contributed by atoms with Gasteiger partial charge < -0.3 is 10.1 Å². The van der Waals surface area contributed by atoms with E-state index < -0.39 is 12.1 Å². The van der Waals surface area contributed by atoms with E-state index in [2.05, 4.69) is 5.32 Å². The van der Waals surface area contributed by atoms with E-state index in [1.54, 1.807) is 67.6 Å². The molecule has 0 aliphatic rings. The number of ketones is 1. The Morgan fingerprint density at radius 3 is 1.97 bits per heavy atom. The molecule has 1 amide bonds. The fourth-order valence-corrected chi connectivity index (χ4v) is 2.72. The molecule has 0 saturated heterocycles. The van der Waals surface area contributed by atoms with Gasteiger partial charge in [-0.05, 0) is 50.2 Å². The molecule has 0 unspecified atom stereocenters. The van der Waals surface area contributed by atoms with Gasteiger partial charge in [-0.15, -0.1) is 0 Å². The summed E-state index contributed by atoms with van der Waals surface area (Å²) in [5.41, 5.74) is 2.96. The third-order valence-electron chi connectivity index (χ3n) is 4.40. The third kappa shape index (κ3) is 5.17. The van der Waals surface area contributed by atoms with Gasteiger partial charge in [0.25, 0.3) is 5.91 Å². The van der Waals surface area contributed by atoms with Crippen molar-refractivity contribution in [2.24, 2.45) is 0 Å². The number of carbonyl (C=O) groups is 3. The molecular formula is C24H21NO4. The number of aryl methyl sites for hydroxylation is 1. The Labute approximate surface area is 169 Å². The van der Waals surface area contributed by atoms with Gasteiger partial charge in [-0.25, -0.2) is 4.79 Å². The summed E-state index contributed by atoms with van der Waals surface area (Å²) in [6, 6.07) is 22.2. The number of esters is 1. The molecule has 5 nitrogen and oxygen atoms in total. The Morgan fingerprint density at radius 1 is 0.759 bits per heavy atom. The molecule has 0 heterocycles. The molecule has 3 aromatic carbocycles. The first-order chi connectivity index (χ1) is 13.9. The zero-order valence-corrected chi connectivity index (χ0v) is 16.2. The summed E-state index contributed by atoms with van der Waals surface area (Å²) in [4.78, 5) is 36.9. The lowest BCUT2D eigenvalue weighted by atomic mass is 10.1. The lowest BCUT2D eigenvalue weighted by Crippen LogP contribution is -2.24. The van der Waals surface area contributed by atoms with Crippen LogP contribution in [0.5, 0.6) is 0 Å². The molecule has 29 heavy (non-hydrogen) atoms. The van der Waals surface area contributed by atoms with Crippen LogP contribution in [0.15, 0.2) is 78.9 Å². The van der Waals surface area contributed by atoms with Crippen LogP contribution >= 0.6 is 0 Å². The second-order valence-corrected chi connectivity index (χ2v) is 6.68. The molecular weight excluding hydrogens is 366 g/mol. The van der Waals surface area contributed by atoms with E-state index in [0.717, 1.165) is 5.56 Å². The highest BCUT2D eigenvalue weighted by molar-refractivity contribution is 6.04. The van der Waals surface area contributed by atoms with Crippen molar-refractivity contribution >= 4 is 23.3 Å². The first kappa shape index (κ1) is 20.0. The second kappa shape index (κ2) is 8.97. The monoisotopic (exact) mass is 387 g/mol. The molecule has 3 rings (SSSR count). The molecule has 1 atom stereocenters. The number of amides is 1. The fraction of sp³-hybridized carbons (Fsp3) is 0.125. The number of hydrogen-bond donors (Lipinski definition) is 1. The molecule has 0 aromatic heterocycles. The molecule has 3 aromatic rings. The molecule has 0 bridgehead atoms. The van der Waals surface area contributed by atoms with Crippen LogP contribution in [0.25, 0.3) is 0 Å². The van der Waals surface area contributed by atoms with Crippen LogP contribution in [0.4, 0.5) is 5.69 Å². The summed E-state index contributed by atoms with van der Waals surface area (Å²) in [7, 11) is 0. The minimum absolute atomic E-state index is 0.234. The van der Waals surface area contributed by atoms with E-state index in [4.69, 9.17) is 4.74 Å². The molecule has 0 aliphatic carbocycles. The van der Waals surface area contributed by atoms with Crippen LogP contribution in [0.3, 0.4) is 0 Å². The van der Waals surface area contributed by atoms with E-state index in [1.807, 2.05) is 25.1 Å². The highest BCUT2D eigenvalue weighted by Gasteiger charge is 2.20. The van der Waals surface area contributed by atoms with Crippen molar-refractivity contribution in [1.82, 2.24) is 0 Å². The minimum atomic E-state index is -0.897. The number of ether oxygens (including phenoxy) is 1. The van der Waals surface area contributed by atoms with Crippen molar-refractivity contribution < 1.29 is 19.1 Å². The van der Waals surface area contributed by atoms with E-state index in [-0.39, 0.29) is 11.7 Å². The summed E-state index contributed by atoms with van der Waals surface area (Å²) in [6.45, 7) is 3.50. The zero-order chi connectivity index (χ0) is 20.8. The molecule has 0 spiro atoms. The number of hydrogen-bond acceptors (Lipinski definition) is 4. The van der Waals surface area contributed by atoms with E-state index in [9.17, 15) is 14.4 Å². The maximum atomic E-state index is 12.3. The normalized spacial score (nSPS) is 11.4. The van der Waals surface area contributed by atoms with Crippen LogP contribution in [0, 0.1) is 6.92 Å². The molecule has 146 valence electrons. The predicted octanol–water partition coefficient (Wildman–Crippen LogP) is 4.68. The summed E-state index contributed by atoms with van der Waals surface area (Å²) >= 11 is 0. The Balaban J connectivity index is 1.60. The van der Waals surface area contributed by atoms with Crippen LogP contribution < -0.4 is 5.32 Å². The molecule has 0 saturated carbocycles. The van der Waals surface area contributed by atoms with E-state index in [1.165, 1.54) is 0 Å². The van der Waals surface area contributed by atoms with Crippen LogP contribution in [-0.4, -0.2) is 23.8 Å². The average Bonchev–Trinajstić information content (AvgIpc) is 2.74. The predicted molar refractivity (Wildman–Crippen MR) is 111 cm³/mol. The zero-order valence-electron chi connectivity index (χ0n) is 16.2. The molecule has 0 radical (unpaired) electrons. The van der Waals surface area contributed by atoms with Crippen molar-refractivity contribution in [2.75, 3.05) is 5.32 Å². The van der Waals surface area contributed by atoms with Gasteiger partial charge in [0, 0.05) is 16.8 Å². The number of Topliss-reactive ketones (excluding diaryl/α,β-unsaturated/α-hetero) is 1. The fourth-order valence-electron chi connectivity index (χ4n) is 2.72. The second-order valence-electron chi connectivity index (χ2n) is 6.68. The number of benzene rings is 3. The van der Waals surface area contributed by atoms with Gasteiger partial charge in [-0.1, -0.05) is 48.0 Å². The summed E-state index contributed by atoms with van der Waals surface area (Å²) in [5.74, 6) is -1.10. The van der Waals surface area contributed by atoms with Crippen LogP contribution in [-0.2, 0) is 4.74 Å². The van der Waals surface area contributed by atoms with Gasteiger partial charge in [-0.2, -0.15) is 0 Å². The SMILES string of the molecule is Cc1ccc(C(=O)Nc2ccc(C(=O)O[C@@H](C)C(=O)c3ccccc3)cc2)cc1. The van der Waals surface area contributed by atoms with Crippen molar-refractivity contribution in [3.63, 3.8) is 0 Å². The maximum absolute atomic E-state index is 12.3. The quantitative estimate of drug-likeness (QED) is 0.493. The average molecular weight is 387 g/mol. The third-order valence-corrected chi connectivity index (χ3v) is 4.40. The van der Waals surface area contributed by atoms with E-state index in [0.29, 0.717) is 22.4 Å². The number of anilines is 1. The number of rotatable bonds is 6. The van der Waals surface area contributed by atoms with Gasteiger partial charge in [0.2, 0.25) is 5.78 Å². The molecule has 0 aliphatic heterocycles.